The van der Waals surface area contributed by atoms with Gasteiger partial charge in [0.25, 0.3) is 0 Å². The zero-order valence-corrected chi connectivity index (χ0v) is 12.0. The monoisotopic (exact) mass is 296 g/mol. The van der Waals surface area contributed by atoms with Crippen molar-refractivity contribution in [3.8, 4) is 0 Å². The highest BCUT2D eigenvalue weighted by atomic mass is 35.5. The highest BCUT2D eigenvalue weighted by Gasteiger charge is 2.35. The lowest BCUT2D eigenvalue weighted by Crippen LogP contribution is -2.46. The van der Waals surface area contributed by atoms with E-state index >= 15 is 0 Å². The van der Waals surface area contributed by atoms with Crippen LogP contribution in [0.15, 0.2) is 24.3 Å². The van der Waals surface area contributed by atoms with E-state index in [0.29, 0.717) is 24.5 Å². The third-order valence-electron chi connectivity index (χ3n) is 3.42. The van der Waals surface area contributed by atoms with Crippen molar-refractivity contribution in [3.05, 3.63) is 34.9 Å². The zero-order valence-electron chi connectivity index (χ0n) is 11.3. The third-order valence-corrected chi connectivity index (χ3v) is 3.65. The van der Waals surface area contributed by atoms with E-state index in [2.05, 4.69) is 0 Å². The number of amides is 2. The topological polar surface area (TPSA) is 60.9 Å². The highest BCUT2D eigenvalue weighted by Crippen LogP contribution is 2.20. The van der Waals surface area contributed by atoms with E-state index in [1.165, 1.54) is 9.80 Å². The van der Waals surface area contributed by atoms with E-state index < -0.39 is 12.0 Å². The average Bonchev–Trinajstić information content (AvgIpc) is 2.87. The summed E-state index contributed by atoms with van der Waals surface area (Å²) >= 11 is 5.91. The smallest absolute Gasteiger partial charge is 0.326 e. The summed E-state index contributed by atoms with van der Waals surface area (Å²) < 4.78 is 0. The number of halogens is 1. The number of carboxylic acids is 1. The van der Waals surface area contributed by atoms with Crippen LogP contribution in [0.25, 0.3) is 0 Å². The molecule has 0 aromatic heterocycles. The SMILES string of the molecule is CN(Cc1cccc(Cl)c1)C(=O)N1CCC[C@H]1C(=O)O. The van der Waals surface area contributed by atoms with Crippen molar-refractivity contribution in [3.63, 3.8) is 0 Å². The molecule has 0 unspecified atom stereocenters. The number of hydrogen-bond donors (Lipinski definition) is 1. The quantitative estimate of drug-likeness (QED) is 0.932. The molecule has 2 amide bonds. The predicted molar refractivity (Wildman–Crippen MR) is 75.7 cm³/mol. The summed E-state index contributed by atoms with van der Waals surface area (Å²) in [5, 5.41) is 9.73. The van der Waals surface area contributed by atoms with Gasteiger partial charge in [0.2, 0.25) is 0 Å². The molecule has 108 valence electrons. The summed E-state index contributed by atoms with van der Waals surface area (Å²) in [5.41, 5.74) is 0.916. The molecular weight excluding hydrogens is 280 g/mol. The number of benzene rings is 1. The van der Waals surface area contributed by atoms with Gasteiger partial charge in [-0.1, -0.05) is 23.7 Å². The van der Waals surface area contributed by atoms with Crippen LogP contribution in [0.2, 0.25) is 5.02 Å². The number of hydrogen-bond acceptors (Lipinski definition) is 2. The zero-order chi connectivity index (χ0) is 14.7. The Bertz CT molecular complexity index is 521. The Labute approximate surface area is 122 Å². The molecule has 1 aliphatic heterocycles. The van der Waals surface area contributed by atoms with Crippen LogP contribution in [0.3, 0.4) is 0 Å². The van der Waals surface area contributed by atoms with E-state index in [1.54, 1.807) is 19.2 Å². The van der Waals surface area contributed by atoms with Gasteiger partial charge in [-0.3, -0.25) is 0 Å². The van der Waals surface area contributed by atoms with E-state index in [4.69, 9.17) is 16.7 Å². The van der Waals surface area contributed by atoms with Gasteiger partial charge >= 0.3 is 12.0 Å². The first-order valence-electron chi connectivity index (χ1n) is 6.48. The van der Waals surface area contributed by atoms with Gasteiger partial charge in [0.15, 0.2) is 0 Å². The van der Waals surface area contributed by atoms with Crippen molar-refractivity contribution in [1.82, 2.24) is 9.80 Å². The lowest BCUT2D eigenvalue weighted by molar-refractivity contribution is -0.141. The van der Waals surface area contributed by atoms with Crippen LogP contribution in [0.1, 0.15) is 18.4 Å². The van der Waals surface area contributed by atoms with E-state index in [1.807, 2.05) is 12.1 Å². The molecule has 5 nitrogen and oxygen atoms in total. The summed E-state index contributed by atoms with van der Waals surface area (Å²) in [7, 11) is 1.67. The number of urea groups is 1. The normalized spacial score (nSPS) is 18.1. The number of carbonyl (C=O) groups excluding carboxylic acids is 1. The second kappa shape index (κ2) is 6.13. The summed E-state index contributed by atoms with van der Waals surface area (Å²) in [6, 6.07) is 6.32. The molecular formula is C14H17ClN2O3. The summed E-state index contributed by atoms with van der Waals surface area (Å²) in [6.45, 7) is 0.901. The first-order valence-corrected chi connectivity index (χ1v) is 6.86. The molecule has 1 aliphatic rings. The molecule has 1 heterocycles. The number of rotatable bonds is 3. The second-order valence-corrected chi connectivity index (χ2v) is 5.39. The molecule has 1 saturated heterocycles. The van der Waals surface area contributed by atoms with Gasteiger partial charge in [-0.2, -0.15) is 0 Å². The first-order chi connectivity index (χ1) is 9.49. The summed E-state index contributed by atoms with van der Waals surface area (Å²) in [4.78, 5) is 26.4. The molecule has 0 saturated carbocycles. The Hall–Kier alpha value is -1.75. The molecule has 1 fully saturated rings. The van der Waals surface area contributed by atoms with Crippen LogP contribution < -0.4 is 0 Å². The van der Waals surface area contributed by atoms with Gasteiger partial charge in [0.05, 0.1) is 0 Å². The molecule has 6 heteroatoms. The molecule has 1 aromatic carbocycles. The summed E-state index contributed by atoms with van der Waals surface area (Å²) in [5.74, 6) is -0.938. The van der Waals surface area contributed by atoms with Gasteiger partial charge in [0.1, 0.15) is 6.04 Å². The number of carboxylic acid groups (broad SMARTS) is 1. The van der Waals surface area contributed by atoms with Crippen LogP contribution in [-0.4, -0.2) is 46.5 Å². The Morgan fingerprint density at radius 1 is 1.50 bits per heavy atom. The first kappa shape index (κ1) is 14.7. The van der Waals surface area contributed by atoms with Crippen molar-refractivity contribution in [2.24, 2.45) is 0 Å². The lowest BCUT2D eigenvalue weighted by atomic mass is 10.2. The summed E-state index contributed by atoms with van der Waals surface area (Å²) in [6.07, 6.45) is 1.25. The minimum Gasteiger partial charge on any atom is -0.480 e. The number of nitrogens with zero attached hydrogens (tertiary/aromatic N) is 2. The molecule has 0 spiro atoms. The van der Waals surface area contributed by atoms with Crippen LogP contribution in [0, 0.1) is 0 Å². The average molecular weight is 297 g/mol. The largest absolute Gasteiger partial charge is 0.480 e. The Morgan fingerprint density at radius 3 is 2.90 bits per heavy atom. The van der Waals surface area contributed by atoms with Gasteiger partial charge in [0, 0.05) is 25.2 Å². The maximum Gasteiger partial charge on any atom is 0.326 e. The van der Waals surface area contributed by atoms with Gasteiger partial charge in [-0.05, 0) is 30.5 Å². The minimum atomic E-state index is -0.938. The molecule has 2 rings (SSSR count). The number of likely N-dealkylation sites (tertiary alicyclic amines) is 1. The van der Waals surface area contributed by atoms with Crippen LogP contribution in [-0.2, 0) is 11.3 Å². The Balaban J connectivity index is 2.03. The Kier molecular flexibility index (Phi) is 4.49. The highest BCUT2D eigenvalue weighted by molar-refractivity contribution is 6.30. The van der Waals surface area contributed by atoms with Crippen molar-refractivity contribution in [2.45, 2.75) is 25.4 Å². The van der Waals surface area contributed by atoms with Crippen LogP contribution >= 0.6 is 11.6 Å². The van der Waals surface area contributed by atoms with Gasteiger partial charge < -0.3 is 14.9 Å². The Morgan fingerprint density at radius 2 is 2.25 bits per heavy atom. The maximum atomic E-state index is 12.3. The third kappa shape index (κ3) is 3.22. The van der Waals surface area contributed by atoms with Gasteiger partial charge in [-0.15, -0.1) is 0 Å². The predicted octanol–water partition coefficient (Wildman–Crippen LogP) is 2.44. The molecule has 0 radical (unpaired) electrons. The lowest BCUT2D eigenvalue weighted by Gasteiger charge is -2.27. The molecule has 1 aromatic rings. The number of aliphatic carboxylic acids is 1. The fourth-order valence-electron chi connectivity index (χ4n) is 2.45. The number of carbonyl (C=O) groups is 2. The molecule has 1 N–H and O–H groups in total. The van der Waals surface area contributed by atoms with Crippen LogP contribution in [0.5, 0.6) is 0 Å². The van der Waals surface area contributed by atoms with Gasteiger partial charge in [-0.25, -0.2) is 9.59 Å². The van der Waals surface area contributed by atoms with Crippen molar-refractivity contribution in [1.29, 1.82) is 0 Å². The minimum absolute atomic E-state index is 0.255. The fraction of sp³-hybridized carbons (Fsp3) is 0.429. The molecule has 0 bridgehead atoms. The van der Waals surface area contributed by atoms with Crippen molar-refractivity contribution >= 4 is 23.6 Å². The molecule has 0 aliphatic carbocycles. The van der Waals surface area contributed by atoms with E-state index in [-0.39, 0.29) is 6.03 Å². The van der Waals surface area contributed by atoms with Crippen molar-refractivity contribution in [2.75, 3.05) is 13.6 Å². The van der Waals surface area contributed by atoms with E-state index in [0.717, 1.165) is 12.0 Å². The fourth-order valence-corrected chi connectivity index (χ4v) is 2.66. The molecule has 20 heavy (non-hydrogen) atoms. The van der Waals surface area contributed by atoms with E-state index in [9.17, 15) is 9.59 Å². The van der Waals surface area contributed by atoms with Crippen molar-refractivity contribution < 1.29 is 14.7 Å². The van der Waals surface area contributed by atoms with Crippen LogP contribution in [0.4, 0.5) is 4.79 Å². The standard InChI is InChI=1S/C14H17ClN2O3/c1-16(9-10-4-2-5-11(15)8-10)14(20)17-7-3-6-12(17)13(18)19/h2,4-5,8,12H,3,6-7,9H2,1H3,(H,18,19)/t12-/m0/s1. The maximum absolute atomic E-state index is 12.3. The second-order valence-electron chi connectivity index (χ2n) is 4.96. The molecule has 1 atom stereocenters.